The Hall–Kier alpha value is -2.33. The first-order valence-corrected chi connectivity index (χ1v) is 7.27. The molecule has 0 radical (unpaired) electrons. The van der Waals surface area contributed by atoms with E-state index in [9.17, 15) is 4.79 Å². The van der Waals surface area contributed by atoms with E-state index in [-0.39, 0.29) is 10.6 Å². The number of hydrogen-bond acceptors (Lipinski definition) is 3. The van der Waals surface area contributed by atoms with E-state index in [4.69, 9.17) is 16.7 Å². The van der Waals surface area contributed by atoms with Crippen molar-refractivity contribution in [1.29, 1.82) is 0 Å². The maximum atomic E-state index is 11.0. The summed E-state index contributed by atoms with van der Waals surface area (Å²) in [6.07, 6.45) is 1.68. The minimum Gasteiger partial charge on any atom is -0.478 e. The van der Waals surface area contributed by atoms with Crippen LogP contribution in [0.15, 0.2) is 47.6 Å². The van der Waals surface area contributed by atoms with Gasteiger partial charge in [0.25, 0.3) is 0 Å². The maximum Gasteiger partial charge on any atom is 0.337 e. The Bertz CT molecular complexity index is 694. The van der Waals surface area contributed by atoms with E-state index in [0.717, 1.165) is 5.56 Å². The molecule has 0 aliphatic heterocycles. The fourth-order valence-electron chi connectivity index (χ4n) is 1.91. The number of hydrogen-bond donors (Lipinski definition) is 2. The number of carboxylic acid groups (broad SMARTS) is 1. The second kappa shape index (κ2) is 7.09. The van der Waals surface area contributed by atoms with Crippen molar-refractivity contribution in [1.82, 2.24) is 0 Å². The molecule has 114 valence electrons. The van der Waals surface area contributed by atoms with Gasteiger partial charge in [-0.2, -0.15) is 5.10 Å². The third-order valence-corrected chi connectivity index (χ3v) is 3.54. The molecule has 0 aliphatic rings. The summed E-state index contributed by atoms with van der Waals surface area (Å²) in [6.45, 7) is 4.29. The third-order valence-electron chi connectivity index (χ3n) is 3.21. The van der Waals surface area contributed by atoms with Gasteiger partial charge in [-0.3, -0.25) is 5.43 Å². The smallest absolute Gasteiger partial charge is 0.337 e. The molecule has 0 spiro atoms. The Labute approximate surface area is 134 Å². The molecule has 0 aliphatic carbocycles. The molecule has 0 heterocycles. The second-order valence-electron chi connectivity index (χ2n) is 5.19. The lowest BCUT2D eigenvalue weighted by Crippen LogP contribution is -1.99. The summed E-state index contributed by atoms with van der Waals surface area (Å²) in [5.74, 6) is -0.575. The van der Waals surface area contributed by atoms with Crippen molar-refractivity contribution in [3.63, 3.8) is 0 Å². The van der Waals surface area contributed by atoms with Gasteiger partial charge in [-0.25, -0.2) is 4.79 Å². The van der Waals surface area contributed by atoms with Crippen LogP contribution in [0.3, 0.4) is 0 Å². The van der Waals surface area contributed by atoms with Crippen molar-refractivity contribution in [2.45, 2.75) is 19.8 Å². The van der Waals surface area contributed by atoms with Crippen molar-refractivity contribution in [2.75, 3.05) is 5.43 Å². The van der Waals surface area contributed by atoms with Gasteiger partial charge in [-0.05, 0) is 35.2 Å². The minimum absolute atomic E-state index is 0.0446. The van der Waals surface area contributed by atoms with E-state index in [1.54, 1.807) is 12.3 Å². The molecule has 2 rings (SSSR count). The first kappa shape index (κ1) is 16.0. The average molecular weight is 317 g/mol. The van der Waals surface area contributed by atoms with Crippen LogP contribution >= 0.6 is 11.6 Å². The number of aromatic carboxylic acids is 1. The van der Waals surface area contributed by atoms with Gasteiger partial charge in [0.1, 0.15) is 0 Å². The highest BCUT2D eigenvalue weighted by molar-refractivity contribution is 6.33. The summed E-state index contributed by atoms with van der Waals surface area (Å²) in [6, 6.07) is 12.8. The predicted octanol–water partition coefficient (Wildman–Crippen LogP) is 4.61. The van der Waals surface area contributed by atoms with Crippen LogP contribution in [0.4, 0.5) is 5.69 Å². The van der Waals surface area contributed by atoms with Gasteiger partial charge in [0.15, 0.2) is 0 Å². The van der Waals surface area contributed by atoms with E-state index in [1.807, 2.05) is 12.1 Å². The fourth-order valence-corrected chi connectivity index (χ4v) is 2.11. The highest BCUT2D eigenvalue weighted by Crippen LogP contribution is 2.20. The quantitative estimate of drug-likeness (QED) is 0.625. The molecule has 0 fully saturated rings. The lowest BCUT2D eigenvalue weighted by Gasteiger charge is -2.05. The second-order valence-corrected chi connectivity index (χ2v) is 5.60. The van der Waals surface area contributed by atoms with E-state index < -0.39 is 5.97 Å². The molecule has 22 heavy (non-hydrogen) atoms. The zero-order chi connectivity index (χ0) is 16.1. The Morgan fingerprint density at radius 2 is 1.91 bits per heavy atom. The maximum absolute atomic E-state index is 11.0. The van der Waals surface area contributed by atoms with Crippen molar-refractivity contribution in [3.8, 4) is 0 Å². The van der Waals surface area contributed by atoms with Crippen molar-refractivity contribution in [2.24, 2.45) is 5.10 Å². The molecule has 2 aromatic rings. The molecular formula is C17H17ClN2O2. The van der Waals surface area contributed by atoms with Crippen LogP contribution in [0.1, 0.15) is 41.3 Å². The number of carboxylic acids is 1. The molecule has 0 bridgehead atoms. The number of benzene rings is 2. The van der Waals surface area contributed by atoms with Crippen LogP contribution in [-0.4, -0.2) is 17.3 Å². The number of rotatable bonds is 5. The lowest BCUT2D eigenvalue weighted by atomic mass is 10.0. The van der Waals surface area contributed by atoms with Crippen LogP contribution in [-0.2, 0) is 0 Å². The molecule has 2 N–H and O–H groups in total. The molecule has 2 aromatic carbocycles. The molecular weight excluding hydrogens is 300 g/mol. The minimum atomic E-state index is -1.07. The molecule has 0 aromatic heterocycles. The highest BCUT2D eigenvalue weighted by Gasteiger charge is 2.08. The number of hydrazone groups is 1. The van der Waals surface area contributed by atoms with Gasteiger partial charge in [0, 0.05) is 0 Å². The number of nitrogens with one attached hydrogen (secondary N) is 1. The van der Waals surface area contributed by atoms with Gasteiger partial charge < -0.3 is 5.11 Å². The third kappa shape index (κ3) is 4.09. The molecule has 4 nitrogen and oxygen atoms in total. The molecule has 0 saturated heterocycles. The summed E-state index contributed by atoms with van der Waals surface area (Å²) in [4.78, 5) is 11.0. The molecule has 0 unspecified atom stereocenters. The van der Waals surface area contributed by atoms with Gasteiger partial charge >= 0.3 is 5.97 Å². The SMILES string of the molecule is CC(C)c1ccc(C=NNc2ccc(Cl)c(C(=O)O)c2)cc1. The Balaban J connectivity index is 2.06. The van der Waals surface area contributed by atoms with Crippen LogP contribution in [0.25, 0.3) is 0 Å². The number of nitrogens with zero attached hydrogens (tertiary/aromatic N) is 1. The van der Waals surface area contributed by atoms with Gasteiger partial charge in [0.2, 0.25) is 0 Å². The monoisotopic (exact) mass is 316 g/mol. The van der Waals surface area contributed by atoms with Crippen LogP contribution in [0.5, 0.6) is 0 Å². The summed E-state index contributed by atoms with van der Waals surface area (Å²) in [5.41, 5.74) is 5.65. The van der Waals surface area contributed by atoms with Crippen molar-refractivity contribution >= 4 is 29.5 Å². The Morgan fingerprint density at radius 1 is 1.23 bits per heavy atom. The zero-order valence-electron chi connectivity index (χ0n) is 12.4. The van der Waals surface area contributed by atoms with Gasteiger partial charge in [0.05, 0.1) is 22.5 Å². The summed E-state index contributed by atoms with van der Waals surface area (Å²) in [5, 5.41) is 13.3. The molecule has 0 amide bonds. The lowest BCUT2D eigenvalue weighted by molar-refractivity contribution is 0.0697. The van der Waals surface area contributed by atoms with Crippen molar-refractivity contribution < 1.29 is 9.90 Å². The van der Waals surface area contributed by atoms with E-state index in [0.29, 0.717) is 11.6 Å². The Morgan fingerprint density at radius 3 is 2.50 bits per heavy atom. The van der Waals surface area contributed by atoms with Crippen LogP contribution in [0.2, 0.25) is 5.02 Å². The van der Waals surface area contributed by atoms with E-state index in [1.165, 1.54) is 17.7 Å². The van der Waals surface area contributed by atoms with E-state index >= 15 is 0 Å². The largest absolute Gasteiger partial charge is 0.478 e. The normalized spacial score (nSPS) is 11.1. The van der Waals surface area contributed by atoms with Gasteiger partial charge in [-0.15, -0.1) is 0 Å². The molecule has 0 atom stereocenters. The Kier molecular flexibility index (Phi) is 5.17. The molecule has 5 heteroatoms. The topological polar surface area (TPSA) is 61.7 Å². The van der Waals surface area contributed by atoms with Crippen molar-refractivity contribution in [3.05, 3.63) is 64.2 Å². The average Bonchev–Trinajstić information content (AvgIpc) is 2.49. The predicted molar refractivity (Wildman–Crippen MR) is 90.2 cm³/mol. The number of anilines is 1. The fraction of sp³-hybridized carbons (Fsp3) is 0.176. The highest BCUT2D eigenvalue weighted by atomic mass is 35.5. The summed E-state index contributed by atoms with van der Waals surface area (Å²) < 4.78 is 0. The van der Waals surface area contributed by atoms with Crippen LogP contribution < -0.4 is 5.43 Å². The zero-order valence-corrected chi connectivity index (χ0v) is 13.1. The van der Waals surface area contributed by atoms with Gasteiger partial charge in [-0.1, -0.05) is 49.7 Å². The number of carbonyl (C=O) groups is 1. The molecule has 0 saturated carbocycles. The van der Waals surface area contributed by atoms with E-state index in [2.05, 4.69) is 36.5 Å². The first-order valence-electron chi connectivity index (χ1n) is 6.89. The number of halogens is 1. The standard InChI is InChI=1S/C17H17ClN2O2/c1-11(2)13-5-3-12(4-6-13)10-19-20-14-7-8-16(18)15(9-14)17(21)22/h3-11,20H,1-2H3,(H,21,22). The summed E-state index contributed by atoms with van der Waals surface area (Å²) in [7, 11) is 0. The first-order chi connectivity index (χ1) is 10.5. The summed E-state index contributed by atoms with van der Waals surface area (Å²) >= 11 is 5.81. The van der Waals surface area contributed by atoms with Crippen LogP contribution in [0, 0.1) is 0 Å².